The molecule has 2 saturated heterocycles. The van der Waals surface area contributed by atoms with Crippen molar-refractivity contribution in [2.75, 3.05) is 19.8 Å². The van der Waals surface area contributed by atoms with Gasteiger partial charge in [-0.1, -0.05) is 0 Å². The van der Waals surface area contributed by atoms with E-state index >= 15 is 0 Å². The Balaban J connectivity index is 1.85. The fourth-order valence-corrected chi connectivity index (χ4v) is 2.24. The Bertz CT molecular complexity index is 262. The van der Waals surface area contributed by atoms with Crippen molar-refractivity contribution < 1.29 is 34.6 Å². The van der Waals surface area contributed by atoms with Gasteiger partial charge in [0, 0.05) is 12.8 Å². The fourth-order valence-electron chi connectivity index (χ4n) is 2.24. The zero-order valence-corrected chi connectivity index (χ0v) is 10.0. The Morgan fingerprint density at radius 3 is 2.56 bits per heavy atom. The second-order valence-electron chi connectivity index (χ2n) is 4.77. The fraction of sp³-hybridized carbons (Fsp3) is 1.00. The van der Waals surface area contributed by atoms with E-state index in [0.29, 0.717) is 19.6 Å². The number of aliphatic hydroxyl groups excluding tert-OH is 4. The van der Waals surface area contributed by atoms with Crippen LogP contribution in [0, 0.1) is 0 Å². The van der Waals surface area contributed by atoms with Crippen LogP contribution in [0.3, 0.4) is 0 Å². The van der Waals surface area contributed by atoms with Crippen LogP contribution in [0.1, 0.15) is 12.8 Å². The van der Waals surface area contributed by atoms with Crippen LogP contribution in [0.5, 0.6) is 0 Å². The molecule has 6 atom stereocenters. The third kappa shape index (κ3) is 3.39. The third-order valence-corrected chi connectivity index (χ3v) is 3.21. The molecule has 0 amide bonds. The molecule has 7 nitrogen and oxygen atoms in total. The molecule has 0 aliphatic carbocycles. The van der Waals surface area contributed by atoms with E-state index < -0.39 is 30.7 Å². The molecule has 0 aromatic carbocycles. The van der Waals surface area contributed by atoms with Gasteiger partial charge in [0.1, 0.15) is 12.2 Å². The Morgan fingerprint density at radius 1 is 1.11 bits per heavy atom. The molecule has 0 aromatic heterocycles. The highest BCUT2D eigenvalue weighted by atomic mass is 16.7. The molecule has 2 heterocycles. The first-order chi connectivity index (χ1) is 8.60. The van der Waals surface area contributed by atoms with Crippen molar-refractivity contribution in [2.24, 2.45) is 0 Å². The van der Waals surface area contributed by atoms with Crippen molar-refractivity contribution in [3.05, 3.63) is 0 Å². The zero-order valence-electron chi connectivity index (χ0n) is 10.0. The maximum absolute atomic E-state index is 9.63. The van der Waals surface area contributed by atoms with Crippen LogP contribution in [-0.2, 0) is 14.2 Å². The van der Waals surface area contributed by atoms with Gasteiger partial charge in [0.05, 0.1) is 38.1 Å². The molecule has 0 saturated carbocycles. The average Bonchev–Trinajstić information content (AvgIpc) is 2.33. The van der Waals surface area contributed by atoms with Crippen molar-refractivity contribution in [2.45, 2.75) is 49.7 Å². The molecule has 18 heavy (non-hydrogen) atoms. The topological polar surface area (TPSA) is 109 Å². The zero-order chi connectivity index (χ0) is 13.1. The molecule has 0 bridgehead atoms. The van der Waals surface area contributed by atoms with Gasteiger partial charge in [-0.2, -0.15) is 0 Å². The van der Waals surface area contributed by atoms with E-state index in [2.05, 4.69) is 0 Å². The Morgan fingerprint density at radius 2 is 1.89 bits per heavy atom. The van der Waals surface area contributed by atoms with Gasteiger partial charge >= 0.3 is 0 Å². The van der Waals surface area contributed by atoms with E-state index in [4.69, 9.17) is 19.3 Å². The van der Waals surface area contributed by atoms with Crippen LogP contribution in [0.2, 0.25) is 0 Å². The molecule has 2 aliphatic rings. The minimum Gasteiger partial charge on any atom is -0.394 e. The molecule has 2 aliphatic heterocycles. The molecule has 7 heteroatoms. The van der Waals surface area contributed by atoms with Crippen molar-refractivity contribution in [3.63, 3.8) is 0 Å². The Kier molecular flexibility index (Phi) is 4.91. The smallest absolute Gasteiger partial charge is 0.161 e. The van der Waals surface area contributed by atoms with Crippen LogP contribution in [-0.4, -0.2) is 77.1 Å². The average molecular weight is 264 g/mol. The predicted octanol–water partition coefficient (Wildman–Crippen LogP) is -2.02. The van der Waals surface area contributed by atoms with Crippen molar-refractivity contribution >= 4 is 0 Å². The summed E-state index contributed by atoms with van der Waals surface area (Å²) in [5.74, 6) is 0. The number of hydrogen-bond acceptors (Lipinski definition) is 7. The normalized spacial score (nSPS) is 46.0. The summed E-state index contributed by atoms with van der Waals surface area (Å²) in [6.45, 7) is 0.271. The van der Waals surface area contributed by atoms with Crippen molar-refractivity contribution in [3.8, 4) is 0 Å². The summed E-state index contributed by atoms with van der Waals surface area (Å²) in [5, 5.41) is 37.6. The molecular weight excluding hydrogens is 244 g/mol. The van der Waals surface area contributed by atoms with Crippen LogP contribution in [0.15, 0.2) is 0 Å². The minimum absolute atomic E-state index is 0.129. The summed E-state index contributed by atoms with van der Waals surface area (Å²) in [7, 11) is 0. The van der Waals surface area contributed by atoms with Crippen LogP contribution >= 0.6 is 0 Å². The largest absolute Gasteiger partial charge is 0.394 e. The van der Waals surface area contributed by atoms with Gasteiger partial charge in [-0.3, -0.25) is 0 Å². The van der Waals surface area contributed by atoms with Gasteiger partial charge in [-0.15, -0.1) is 0 Å². The lowest BCUT2D eigenvalue weighted by atomic mass is 10.0. The van der Waals surface area contributed by atoms with E-state index in [-0.39, 0.29) is 19.1 Å². The number of aliphatic hydroxyl groups is 4. The van der Waals surface area contributed by atoms with Crippen molar-refractivity contribution in [1.29, 1.82) is 0 Å². The maximum Gasteiger partial charge on any atom is 0.161 e. The predicted molar refractivity (Wildman–Crippen MR) is 58.7 cm³/mol. The quantitative estimate of drug-likeness (QED) is 0.466. The van der Waals surface area contributed by atoms with Crippen LogP contribution in [0.4, 0.5) is 0 Å². The summed E-state index contributed by atoms with van der Waals surface area (Å²) in [4.78, 5) is 0. The standard InChI is InChI=1S/C11H20O7/c12-3-9-11(15)8(14)2-10(18-9)17-7-1-6(13)4-16-5-7/h6-15H,1-5H2. The lowest BCUT2D eigenvalue weighted by molar-refractivity contribution is -0.279. The lowest BCUT2D eigenvalue weighted by Gasteiger charge is -2.38. The van der Waals surface area contributed by atoms with E-state index in [1.165, 1.54) is 0 Å². The summed E-state index contributed by atoms with van der Waals surface area (Å²) >= 11 is 0. The minimum atomic E-state index is -1.11. The van der Waals surface area contributed by atoms with Crippen LogP contribution < -0.4 is 0 Å². The molecule has 2 fully saturated rings. The van der Waals surface area contributed by atoms with Gasteiger partial charge in [0.15, 0.2) is 6.29 Å². The highest BCUT2D eigenvalue weighted by Gasteiger charge is 2.38. The molecule has 4 N–H and O–H groups in total. The molecule has 2 rings (SSSR count). The van der Waals surface area contributed by atoms with E-state index in [9.17, 15) is 15.3 Å². The second-order valence-corrected chi connectivity index (χ2v) is 4.77. The SMILES string of the molecule is OCC1OC(OC2COCC(O)C2)CC(O)C1O. The summed E-state index contributed by atoms with van der Waals surface area (Å²) in [5.41, 5.74) is 0. The first-order valence-electron chi connectivity index (χ1n) is 6.14. The van der Waals surface area contributed by atoms with Gasteiger partial charge in [-0.25, -0.2) is 0 Å². The van der Waals surface area contributed by atoms with E-state index in [1.807, 2.05) is 0 Å². The van der Waals surface area contributed by atoms with Gasteiger partial charge in [-0.05, 0) is 0 Å². The maximum atomic E-state index is 9.63. The summed E-state index contributed by atoms with van der Waals surface area (Å²) < 4.78 is 16.0. The van der Waals surface area contributed by atoms with E-state index in [0.717, 1.165) is 0 Å². The van der Waals surface area contributed by atoms with Gasteiger partial charge in [0.25, 0.3) is 0 Å². The molecule has 0 aromatic rings. The lowest BCUT2D eigenvalue weighted by Crippen LogP contribution is -2.51. The number of ether oxygens (including phenoxy) is 3. The molecule has 106 valence electrons. The second kappa shape index (κ2) is 6.25. The third-order valence-electron chi connectivity index (χ3n) is 3.21. The van der Waals surface area contributed by atoms with Gasteiger partial charge in [0.2, 0.25) is 0 Å². The van der Waals surface area contributed by atoms with Crippen molar-refractivity contribution in [1.82, 2.24) is 0 Å². The summed E-state index contributed by atoms with van der Waals surface area (Å²) in [6.07, 6.45) is -3.95. The Labute approximate surface area is 105 Å². The van der Waals surface area contributed by atoms with Crippen LogP contribution in [0.25, 0.3) is 0 Å². The highest BCUT2D eigenvalue weighted by molar-refractivity contribution is 4.83. The first kappa shape index (κ1) is 14.1. The first-order valence-corrected chi connectivity index (χ1v) is 6.14. The number of rotatable bonds is 3. The molecular formula is C11H20O7. The molecule has 6 unspecified atom stereocenters. The highest BCUT2D eigenvalue weighted by Crippen LogP contribution is 2.24. The molecule has 0 spiro atoms. The number of hydrogen-bond donors (Lipinski definition) is 4. The van der Waals surface area contributed by atoms with Gasteiger partial charge < -0.3 is 34.6 Å². The van der Waals surface area contributed by atoms with E-state index in [1.54, 1.807) is 0 Å². The molecule has 0 radical (unpaired) electrons. The monoisotopic (exact) mass is 264 g/mol. The Hall–Kier alpha value is -0.280. The summed E-state index contributed by atoms with van der Waals surface area (Å²) in [6, 6.07) is 0.